The molecule has 1 aromatic rings. The van der Waals surface area contributed by atoms with Gasteiger partial charge in [0, 0.05) is 31.5 Å². The number of ether oxygens (including phenoxy) is 1. The quantitative estimate of drug-likeness (QED) is 0.835. The van der Waals surface area contributed by atoms with E-state index >= 15 is 0 Å². The predicted molar refractivity (Wildman–Crippen MR) is 82.6 cm³/mol. The van der Waals surface area contributed by atoms with Crippen LogP contribution in [0.2, 0.25) is 0 Å². The summed E-state index contributed by atoms with van der Waals surface area (Å²) in [6, 6.07) is 1.55. The van der Waals surface area contributed by atoms with Crippen molar-refractivity contribution in [3.8, 4) is 5.75 Å². The maximum atomic E-state index is 11.7. The number of unbranched alkanes of at least 4 members (excludes halogenated alkanes) is 1. The van der Waals surface area contributed by atoms with Gasteiger partial charge in [0.2, 0.25) is 5.43 Å². The third kappa shape index (κ3) is 4.58. The van der Waals surface area contributed by atoms with Gasteiger partial charge in [-0.15, -0.1) is 0 Å². The first-order valence-electron chi connectivity index (χ1n) is 7.82. The fraction of sp³-hybridized carbons (Fsp3) is 0.688. The molecule has 0 aromatic carbocycles. The second kappa shape index (κ2) is 7.61. The molecule has 1 atom stereocenters. The molecule has 0 bridgehead atoms. The molecule has 5 nitrogen and oxygen atoms in total. The van der Waals surface area contributed by atoms with Crippen molar-refractivity contribution in [3.63, 3.8) is 0 Å². The summed E-state index contributed by atoms with van der Waals surface area (Å²) in [7, 11) is 2.06. The van der Waals surface area contributed by atoms with Crippen LogP contribution in [0, 0.1) is 0 Å². The molecule has 0 amide bonds. The lowest BCUT2D eigenvalue weighted by Gasteiger charge is -2.22. The molecule has 1 aromatic heterocycles. The van der Waals surface area contributed by atoms with Crippen molar-refractivity contribution in [3.05, 3.63) is 28.2 Å². The Morgan fingerprint density at radius 1 is 1.52 bits per heavy atom. The Balaban J connectivity index is 2.12. The van der Waals surface area contributed by atoms with Gasteiger partial charge in [0.05, 0.1) is 12.3 Å². The highest BCUT2D eigenvalue weighted by molar-refractivity contribution is 5.20. The van der Waals surface area contributed by atoms with Gasteiger partial charge in [0.25, 0.3) is 0 Å². The molecule has 1 aliphatic heterocycles. The van der Waals surface area contributed by atoms with E-state index in [-0.39, 0.29) is 17.3 Å². The van der Waals surface area contributed by atoms with Gasteiger partial charge < -0.3 is 19.3 Å². The zero-order chi connectivity index (χ0) is 15.2. The van der Waals surface area contributed by atoms with Crippen molar-refractivity contribution in [2.45, 2.75) is 51.8 Å². The number of aromatic nitrogens is 1. The summed E-state index contributed by atoms with van der Waals surface area (Å²) in [5.41, 5.74) is 0.629. The normalized spacial score (nSPS) is 18.5. The van der Waals surface area contributed by atoms with Gasteiger partial charge in [-0.2, -0.15) is 0 Å². The summed E-state index contributed by atoms with van der Waals surface area (Å²) in [4.78, 5) is 13.9. The first kappa shape index (κ1) is 16.0. The van der Waals surface area contributed by atoms with Crippen molar-refractivity contribution >= 4 is 0 Å². The third-order valence-corrected chi connectivity index (χ3v) is 3.95. The van der Waals surface area contributed by atoms with E-state index in [1.807, 2.05) is 4.57 Å². The molecule has 21 heavy (non-hydrogen) atoms. The van der Waals surface area contributed by atoms with E-state index in [0.29, 0.717) is 13.1 Å². The van der Waals surface area contributed by atoms with Crippen LogP contribution in [0.4, 0.5) is 0 Å². The Hall–Kier alpha value is -1.33. The lowest BCUT2D eigenvalue weighted by molar-refractivity contribution is 0.0953. The van der Waals surface area contributed by atoms with Crippen molar-refractivity contribution < 1.29 is 9.84 Å². The fourth-order valence-electron chi connectivity index (χ4n) is 2.70. The van der Waals surface area contributed by atoms with Crippen LogP contribution in [0.15, 0.2) is 17.1 Å². The fourth-order valence-corrected chi connectivity index (χ4v) is 2.70. The van der Waals surface area contributed by atoms with E-state index in [1.165, 1.54) is 0 Å². The Morgan fingerprint density at radius 2 is 2.33 bits per heavy atom. The minimum absolute atomic E-state index is 0.187. The standard InChI is InChI=1S/C16H26N2O3/c1-3-4-7-17(2)10-13-9-15(19)16(20)12-18(13)11-14-6-5-8-21-14/h9,12,14,20H,3-8,10-11H2,1-2H3. The van der Waals surface area contributed by atoms with E-state index in [1.54, 1.807) is 12.3 Å². The predicted octanol–water partition coefficient (Wildman–Crippen LogP) is 1.96. The highest BCUT2D eigenvalue weighted by Crippen LogP contribution is 2.16. The summed E-state index contributed by atoms with van der Waals surface area (Å²) in [5, 5.41) is 9.69. The topological polar surface area (TPSA) is 54.7 Å². The van der Waals surface area contributed by atoms with Crippen LogP contribution in [0.1, 0.15) is 38.3 Å². The first-order valence-corrected chi connectivity index (χ1v) is 7.82. The number of rotatable bonds is 7. The Bertz CT molecular complexity index is 507. The second-order valence-corrected chi connectivity index (χ2v) is 5.89. The summed E-state index contributed by atoms with van der Waals surface area (Å²) < 4.78 is 7.63. The molecule has 0 radical (unpaired) electrons. The molecule has 1 aliphatic rings. The van der Waals surface area contributed by atoms with E-state index < -0.39 is 0 Å². The highest BCUT2D eigenvalue weighted by atomic mass is 16.5. The van der Waals surface area contributed by atoms with E-state index in [9.17, 15) is 9.90 Å². The number of hydrogen-bond donors (Lipinski definition) is 1. The molecular weight excluding hydrogens is 268 g/mol. The molecule has 1 N–H and O–H groups in total. The lowest BCUT2D eigenvalue weighted by Crippen LogP contribution is -2.26. The minimum Gasteiger partial charge on any atom is -0.503 e. The SMILES string of the molecule is CCCCN(C)Cc1cc(=O)c(O)cn1CC1CCCO1. The third-order valence-electron chi connectivity index (χ3n) is 3.95. The van der Waals surface area contributed by atoms with Crippen LogP contribution >= 0.6 is 0 Å². The molecular formula is C16H26N2O3. The van der Waals surface area contributed by atoms with Crippen molar-refractivity contribution in [1.29, 1.82) is 0 Å². The van der Waals surface area contributed by atoms with Gasteiger partial charge in [-0.3, -0.25) is 4.79 Å². The van der Waals surface area contributed by atoms with Gasteiger partial charge in [0.15, 0.2) is 5.75 Å². The monoisotopic (exact) mass is 294 g/mol. The molecule has 1 fully saturated rings. The first-order chi connectivity index (χ1) is 10.1. The van der Waals surface area contributed by atoms with Crippen molar-refractivity contribution in [2.24, 2.45) is 0 Å². The van der Waals surface area contributed by atoms with Crippen molar-refractivity contribution in [2.75, 3.05) is 20.2 Å². The van der Waals surface area contributed by atoms with Gasteiger partial charge in [0.1, 0.15) is 0 Å². The largest absolute Gasteiger partial charge is 0.503 e. The molecule has 2 heterocycles. The molecule has 0 spiro atoms. The molecule has 1 saturated heterocycles. The van der Waals surface area contributed by atoms with E-state index in [2.05, 4.69) is 18.9 Å². The van der Waals surface area contributed by atoms with Crippen LogP contribution in [0.5, 0.6) is 5.75 Å². The van der Waals surface area contributed by atoms with E-state index in [0.717, 1.165) is 44.5 Å². The van der Waals surface area contributed by atoms with Crippen LogP contribution in [-0.2, 0) is 17.8 Å². The average Bonchev–Trinajstić information content (AvgIpc) is 2.95. The Morgan fingerprint density at radius 3 is 3.00 bits per heavy atom. The summed E-state index contributed by atoms with van der Waals surface area (Å²) in [6.45, 7) is 5.39. The van der Waals surface area contributed by atoms with Crippen LogP contribution in [0.3, 0.4) is 0 Å². The van der Waals surface area contributed by atoms with Gasteiger partial charge in [-0.05, 0) is 32.9 Å². The lowest BCUT2D eigenvalue weighted by atomic mass is 10.2. The van der Waals surface area contributed by atoms with Crippen molar-refractivity contribution in [1.82, 2.24) is 9.47 Å². The summed E-state index contributed by atoms with van der Waals surface area (Å²) in [6.07, 6.45) is 6.16. The summed E-state index contributed by atoms with van der Waals surface area (Å²) >= 11 is 0. The zero-order valence-corrected chi connectivity index (χ0v) is 13.0. The summed E-state index contributed by atoms with van der Waals surface area (Å²) in [5.74, 6) is -0.187. The maximum Gasteiger partial charge on any atom is 0.223 e. The molecule has 1 unspecified atom stereocenters. The molecule has 118 valence electrons. The Kier molecular flexibility index (Phi) is 5.82. The Labute approximate surface area is 126 Å². The maximum absolute atomic E-state index is 11.7. The van der Waals surface area contributed by atoms with Gasteiger partial charge >= 0.3 is 0 Å². The molecule has 0 aliphatic carbocycles. The average molecular weight is 294 g/mol. The highest BCUT2D eigenvalue weighted by Gasteiger charge is 2.18. The number of aromatic hydroxyl groups is 1. The molecule has 0 saturated carbocycles. The van der Waals surface area contributed by atoms with Gasteiger partial charge in [-0.25, -0.2) is 0 Å². The number of nitrogens with zero attached hydrogens (tertiary/aromatic N) is 2. The number of hydrogen-bond acceptors (Lipinski definition) is 4. The zero-order valence-electron chi connectivity index (χ0n) is 13.0. The van der Waals surface area contributed by atoms with Crippen LogP contribution in [0.25, 0.3) is 0 Å². The van der Waals surface area contributed by atoms with Crippen LogP contribution < -0.4 is 5.43 Å². The second-order valence-electron chi connectivity index (χ2n) is 5.89. The molecule has 2 rings (SSSR count). The number of pyridine rings is 1. The smallest absolute Gasteiger partial charge is 0.223 e. The molecule has 5 heteroatoms. The van der Waals surface area contributed by atoms with E-state index in [4.69, 9.17) is 4.74 Å². The van der Waals surface area contributed by atoms with Gasteiger partial charge in [-0.1, -0.05) is 13.3 Å². The van der Waals surface area contributed by atoms with Crippen LogP contribution in [-0.4, -0.2) is 40.9 Å². The minimum atomic E-state index is -0.308.